The van der Waals surface area contributed by atoms with Crippen molar-refractivity contribution in [1.82, 2.24) is 14.9 Å². The Morgan fingerprint density at radius 1 is 1.50 bits per heavy atom. The van der Waals surface area contributed by atoms with Crippen molar-refractivity contribution in [2.24, 2.45) is 0 Å². The number of hydrogen-bond donors (Lipinski definition) is 1. The summed E-state index contributed by atoms with van der Waals surface area (Å²) in [7, 11) is 0. The number of nitrogens with zero attached hydrogens (tertiary/aromatic N) is 3. The minimum Gasteiger partial charge on any atom is -0.480 e. The maximum absolute atomic E-state index is 12.2. The van der Waals surface area contributed by atoms with Gasteiger partial charge in [0.25, 0.3) is 5.91 Å². The summed E-state index contributed by atoms with van der Waals surface area (Å²) in [6, 6.07) is 1.34. The highest BCUT2D eigenvalue weighted by atomic mass is 16.4. The largest absolute Gasteiger partial charge is 0.480 e. The van der Waals surface area contributed by atoms with E-state index in [9.17, 15) is 9.59 Å². The Bertz CT molecular complexity index is 448. The minimum atomic E-state index is -1.03. The molecule has 6 heteroatoms. The summed E-state index contributed by atoms with van der Waals surface area (Å²) in [5.74, 6) is -0.924. The molecule has 0 fully saturated rings. The molecular formula is C12H17N3O3. The average molecular weight is 251 g/mol. The van der Waals surface area contributed by atoms with Crippen molar-refractivity contribution in [2.75, 3.05) is 6.54 Å². The van der Waals surface area contributed by atoms with Gasteiger partial charge in [-0.15, -0.1) is 0 Å². The van der Waals surface area contributed by atoms with Crippen LogP contribution in [0.2, 0.25) is 0 Å². The van der Waals surface area contributed by atoms with E-state index in [-0.39, 0.29) is 24.2 Å². The van der Waals surface area contributed by atoms with Crippen molar-refractivity contribution >= 4 is 11.9 Å². The van der Waals surface area contributed by atoms with Gasteiger partial charge < -0.3 is 10.0 Å². The Kier molecular flexibility index (Phi) is 4.76. The zero-order valence-electron chi connectivity index (χ0n) is 10.8. The van der Waals surface area contributed by atoms with E-state index < -0.39 is 5.97 Å². The number of carboxylic acid groups (broad SMARTS) is 1. The van der Waals surface area contributed by atoms with Gasteiger partial charge in [0.2, 0.25) is 0 Å². The van der Waals surface area contributed by atoms with E-state index in [1.165, 1.54) is 17.2 Å². The number of carbonyl (C=O) groups excluding carboxylic acids is 1. The van der Waals surface area contributed by atoms with Crippen LogP contribution in [0.4, 0.5) is 0 Å². The molecule has 1 rings (SSSR count). The Balaban J connectivity index is 2.98. The van der Waals surface area contributed by atoms with Crippen LogP contribution in [0.5, 0.6) is 0 Å². The van der Waals surface area contributed by atoms with Gasteiger partial charge in [-0.2, -0.15) is 0 Å². The van der Waals surface area contributed by atoms with Gasteiger partial charge in [0.1, 0.15) is 18.1 Å². The van der Waals surface area contributed by atoms with E-state index in [1.807, 2.05) is 13.8 Å². The second kappa shape index (κ2) is 6.09. The lowest BCUT2D eigenvalue weighted by molar-refractivity contribution is -0.138. The molecule has 0 spiro atoms. The fraction of sp³-hybridized carbons (Fsp3) is 0.500. The molecular weight excluding hydrogens is 234 g/mol. The molecule has 1 amide bonds. The third-order valence-electron chi connectivity index (χ3n) is 2.68. The average Bonchev–Trinajstić information content (AvgIpc) is 2.34. The Morgan fingerprint density at radius 2 is 2.17 bits per heavy atom. The van der Waals surface area contributed by atoms with Crippen molar-refractivity contribution < 1.29 is 14.7 Å². The summed E-state index contributed by atoms with van der Waals surface area (Å²) in [5, 5.41) is 8.85. The fourth-order valence-electron chi connectivity index (χ4n) is 1.52. The van der Waals surface area contributed by atoms with Gasteiger partial charge in [0, 0.05) is 12.2 Å². The summed E-state index contributed by atoms with van der Waals surface area (Å²) >= 11 is 0. The molecule has 1 heterocycles. The highest BCUT2D eigenvalue weighted by Crippen LogP contribution is 2.09. The Morgan fingerprint density at radius 3 is 2.67 bits per heavy atom. The number of carbonyl (C=O) groups is 2. The van der Waals surface area contributed by atoms with E-state index in [0.29, 0.717) is 12.2 Å². The topological polar surface area (TPSA) is 83.4 Å². The van der Waals surface area contributed by atoms with Gasteiger partial charge in [0.05, 0.1) is 0 Å². The number of amides is 1. The number of aromatic nitrogens is 2. The summed E-state index contributed by atoms with van der Waals surface area (Å²) < 4.78 is 0. The van der Waals surface area contributed by atoms with Crippen LogP contribution in [0, 0.1) is 6.92 Å². The lowest BCUT2D eigenvalue weighted by atomic mass is 10.2. The maximum atomic E-state index is 12.2. The molecule has 0 bridgehead atoms. The van der Waals surface area contributed by atoms with Crippen LogP contribution in [-0.4, -0.2) is 44.4 Å². The summed E-state index contributed by atoms with van der Waals surface area (Å²) in [6.45, 7) is 5.07. The molecule has 0 aromatic carbocycles. The first-order valence-electron chi connectivity index (χ1n) is 5.78. The first-order valence-corrected chi connectivity index (χ1v) is 5.78. The number of aliphatic carboxylic acids is 1. The van der Waals surface area contributed by atoms with Crippen LogP contribution in [0.1, 0.15) is 36.6 Å². The van der Waals surface area contributed by atoms with Gasteiger partial charge in [-0.3, -0.25) is 9.59 Å². The molecule has 0 aliphatic carbocycles. The van der Waals surface area contributed by atoms with Crippen molar-refractivity contribution in [3.05, 3.63) is 23.8 Å². The maximum Gasteiger partial charge on any atom is 0.323 e. The van der Waals surface area contributed by atoms with Gasteiger partial charge >= 0.3 is 5.97 Å². The van der Waals surface area contributed by atoms with E-state index in [2.05, 4.69) is 9.97 Å². The summed E-state index contributed by atoms with van der Waals surface area (Å²) in [5.41, 5.74) is 0.226. The molecule has 0 saturated heterocycles. The number of rotatable bonds is 5. The van der Waals surface area contributed by atoms with E-state index in [1.54, 1.807) is 6.92 Å². The monoisotopic (exact) mass is 251 g/mol. The number of carboxylic acids is 1. The zero-order valence-corrected chi connectivity index (χ0v) is 10.8. The fourth-order valence-corrected chi connectivity index (χ4v) is 1.52. The second-order valence-corrected chi connectivity index (χ2v) is 4.07. The van der Waals surface area contributed by atoms with Crippen LogP contribution in [-0.2, 0) is 4.79 Å². The van der Waals surface area contributed by atoms with Gasteiger partial charge in [-0.05, 0) is 26.3 Å². The molecule has 6 nitrogen and oxygen atoms in total. The summed E-state index contributed by atoms with van der Waals surface area (Å²) in [4.78, 5) is 32.3. The third-order valence-corrected chi connectivity index (χ3v) is 2.68. The number of aryl methyl sites for hydroxylation is 1. The smallest absolute Gasteiger partial charge is 0.323 e. The van der Waals surface area contributed by atoms with Crippen LogP contribution < -0.4 is 0 Å². The molecule has 1 aromatic rings. The molecule has 0 aliphatic heterocycles. The zero-order chi connectivity index (χ0) is 13.7. The van der Waals surface area contributed by atoms with Crippen molar-refractivity contribution in [3.63, 3.8) is 0 Å². The third kappa shape index (κ3) is 3.51. The Labute approximate surface area is 106 Å². The van der Waals surface area contributed by atoms with Gasteiger partial charge in [-0.25, -0.2) is 9.97 Å². The minimum absolute atomic E-state index is 0.149. The predicted molar refractivity (Wildman–Crippen MR) is 65.2 cm³/mol. The second-order valence-electron chi connectivity index (χ2n) is 4.07. The van der Waals surface area contributed by atoms with Crippen LogP contribution >= 0.6 is 0 Å². The van der Waals surface area contributed by atoms with Crippen molar-refractivity contribution in [1.29, 1.82) is 0 Å². The molecule has 1 N–H and O–H groups in total. The van der Waals surface area contributed by atoms with Gasteiger partial charge in [0.15, 0.2) is 0 Å². The molecule has 0 radical (unpaired) electrons. The Hall–Kier alpha value is -1.98. The van der Waals surface area contributed by atoms with E-state index >= 15 is 0 Å². The standard InChI is InChI=1S/C12H17N3O3/c1-4-8(2)15(7-11(16)17)12(18)10-5-6-13-9(3)14-10/h5-6,8H,4,7H2,1-3H3,(H,16,17)/t8-/m1/s1. The molecule has 98 valence electrons. The van der Waals surface area contributed by atoms with Crippen LogP contribution in [0.15, 0.2) is 12.3 Å². The van der Waals surface area contributed by atoms with Crippen molar-refractivity contribution in [2.45, 2.75) is 33.2 Å². The summed E-state index contributed by atoms with van der Waals surface area (Å²) in [6.07, 6.45) is 2.17. The predicted octanol–water partition coefficient (Wildman–Crippen LogP) is 1.11. The lowest BCUT2D eigenvalue weighted by Gasteiger charge is -2.26. The molecule has 18 heavy (non-hydrogen) atoms. The quantitative estimate of drug-likeness (QED) is 0.847. The van der Waals surface area contributed by atoms with Crippen LogP contribution in [0.3, 0.4) is 0 Å². The first-order chi connectivity index (χ1) is 8.45. The molecule has 1 aromatic heterocycles. The lowest BCUT2D eigenvalue weighted by Crippen LogP contribution is -2.42. The van der Waals surface area contributed by atoms with Gasteiger partial charge in [-0.1, -0.05) is 6.92 Å². The SMILES string of the molecule is CC[C@@H](C)N(CC(=O)O)C(=O)c1ccnc(C)n1. The number of hydrogen-bond acceptors (Lipinski definition) is 4. The molecule has 0 saturated carbocycles. The first kappa shape index (κ1) is 14.1. The molecule has 0 aliphatic rings. The van der Waals surface area contributed by atoms with Crippen LogP contribution in [0.25, 0.3) is 0 Å². The highest BCUT2D eigenvalue weighted by molar-refractivity contribution is 5.94. The van der Waals surface area contributed by atoms with E-state index in [0.717, 1.165) is 0 Å². The molecule has 0 unspecified atom stereocenters. The molecule has 1 atom stereocenters. The van der Waals surface area contributed by atoms with E-state index in [4.69, 9.17) is 5.11 Å². The highest BCUT2D eigenvalue weighted by Gasteiger charge is 2.23. The van der Waals surface area contributed by atoms with Crippen molar-refractivity contribution in [3.8, 4) is 0 Å². The normalized spacial score (nSPS) is 11.9.